The smallest absolute Gasteiger partial charge is 0.349 e. The molecule has 1 aliphatic carbocycles. The molecule has 0 spiro atoms. The molecule has 0 aliphatic heterocycles. The van der Waals surface area contributed by atoms with E-state index in [1.165, 1.54) is 13.0 Å². The van der Waals surface area contributed by atoms with Crippen molar-refractivity contribution in [2.24, 2.45) is 0 Å². The van der Waals surface area contributed by atoms with Crippen LogP contribution in [-0.4, -0.2) is 30.1 Å². The van der Waals surface area contributed by atoms with E-state index in [-0.39, 0.29) is 10.9 Å². The number of urea groups is 1. The minimum atomic E-state index is -1.15. The number of nitrogens with one attached hydrogen (secondary N) is 2. The molecule has 0 bridgehead atoms. The highest BCUT2D eigenvalue weighted by Crippen LogP contribution is 2.33. The lowest BCUT2D eigenvalue weighted by atomic mass is 10.1. The highest BCUT2D eigenvalue weighted by atomic mass is 32.1. The third-order valence-electron chi connectivity index (χ3n) is 4.67. The Morgan fingerprint density at radius 3 is 2.63 bits per heavy atom. The van der Waals surface area contributed by atoms with E-state index in [1.807, 2.05) is 0 Å². The summed E-state index contributed by atoms with van der Waals surface area (Å²) < 4.78 is 19.8. The number of fused-ring (bicyclic) bond motifs is 1. The first-order chi connectivity index (χ1) is 12.9. The van der Waals surface area contributed by atoms with E-state index >= 15 is 0 Å². The summed E-state index contributed by atoms with van der Waals surface area (Å²) in [6.07, 6.45) is 2.76. The zero-order valence-electron chi connectivity index (χ0n) is 15.1. The number of thiophene rings is 1. The highest BCUT2D eigenvalue weighted by molar-refractivity contribution is 7.21. The number of imide groups is 1. The molecule has 0 unspecified atom stereocenters. The Morgan fingerprint density at radius 1 is 1.26 bits per heavy atom. The van der Waals surface area contributed by atoms with Crippen molar-refractivity contribution in [2.75, 3.05) is 0 Å². The third kappa shape index (κ3) is 4.27. The SMILES string of the molecule is Cc1c(C(=O)O[C@H](C)C(=O)NC(=O)NC2CCCC2)sc2cccc(F)c12. The van der Waals surface area contributed by atoms with Gasteiger partial charge in [0, 0.05) is 16.1 Å². The lowest BCUT2D eigenvalue weighted by molar-refractivity contribution is -0.127. The molecule has 1 saturated carbocycles. The molecule has 1 aromatic carbocycles. The van der Waals surface area contributed by atoms with E-state index in [1.54, 1.807) is 19.1 Å². The van der Waals surface area contributed by atoms with Crippen molar-refractivity contribution >= 4 is 39.3 Å². The largest absolute Gasteiger partial charge is 0.448 e. The number of benzene rings is 1. The third-order valence-corrected chi connectivity index (χ3v) is 5.91. The Kier molecular flexibility index (Phi) is 5.74. The summed E-state index contributed by atoms with van der Waals surface area (Å²) in [6, 6.07) is 4.11. The first-order valence-electron chi connectivity index (χ1n) is 8.86. The minimum Gasteiger partial charge on any atom is -0.448 e. The topological polar surface area (TPSA) is 84.5 Å². The molecule has 1 heterocycles. The summed E-state index contributed by atoms with van der Waals surface area (Å²) in [5.41, 5.74) is 0.477. The monoisotopic (exact) mass is 392 g/mol. The molecule has 1 fully saturated rings. The van der Waals surface area contributed by atoms with Gasteiger partial charge in [0.2, 0.25) is 0 Å². The minimum absolute atomic E-state index is 0.0757. The normalized spacial score (nSPS) is 15.5. The quantitative estimate of drug-likeness (QED) is 0.778. The van der Waals surface area contributed by atoms with Crippen molar-refractivity contribution in [3.8, 4) is 0 Å². The van der Waals surface area contributed by atoms with Gasteiger partial charge in [0.05, 0.1) is 0 Å². The molecule has 2 N–H and O–H groups in total. The van der Waals surface area contributed by atoms with Crippen LogP contribution in [0.2, 0.25) is 0 Å². The fraction of sp³-hybridized carbons (Fsp3) is 0.421. The van der Waals surface area contributed by atoms with Gasteiger partial charge in [-0.15, -0.1) is 11.3 Å². The average Bonchev–Trinajstić information content (AvgIpc) is 3.23. The van der Waals surface area contributed by atoms with Crippen molar-refractivity contribution in [3.63, 3.8) is 0 Å². The van der Waals surface area contributed by atoms with Gasteiger partial charge in [-0.3, -0.25) is 10.1 Å². The molecule has 1 aliphatic rings. The van der Waals surface area contributed by atoms with Gasteiger partial charge >= 0.3 is 12.0 Å². The van der Waals surface area contributed by atoms with E-state index in [0.717, 1.165) is 37.0 Å². The predicted octanol–water partition coefficient (Wildman–Crippen LogP) is 3.66. The van der Waals surface area contributed by atoms with Gasteiger partial charge < -0.3 is 10.1 Å². The van der Waals surface area contributed by atoms with Crippen molar-refractivity contribution in [1.29, 1.82) is 0 Å². The van der Waals surface area contributed by atoms with Gasteiger partial charge in [-0.05, 0) is 44.4 Å². The van der Waals surface area contributed by atoms with E-state index in [0.29, 0.717) is 15.6 Å². The molecule has 0 saturated heterocycles. The van der Waals surface area contributed by atoms with Crippen molar-refractivity contribution < 1.29 is 23.5 Å². The van der Waals surface area contributed by atoms with E-state index in [4.69, 9.17) is 4.74 Å². The van der Waals surface area contributed by atoms with Gasteiger partial charge in [0.25, 0.3) is 5.91 Å². The first kappa shape index (κ1) is 19.3. The van der Waals surface area contributed by atoms with Gasteiger partial charge in [0.15, 0.2) is 6.10 Å². The number of ether oxygens (including phenoxy) is 1. The molecule has 0 radical (unpaired) electrons. The number of carbonyl (C=O) groups excluding carboxylic acids is 3. The molecule has 3 amide bonds. The van der Waals surface area contributed by atoms with E-state index in [2.05, 4.69) is 10.6 Å². The van der Waals surface area contributed by atoms with Gasteiger partial charge in [-0.1, -0.05) is 18.9 Å². The van der Waals surface area contributed by atoms with Gasteiger partial charge in [0.1, 0.15) is 10.7 Å². The maximum Gasteiger partial charge on any atom is 0.349 e. The summed E-state index contributed by atoms with van der Waals surface area (Å²) in [5.74, 6) is -1.83. The number of carbonyl (C=O) groups is 3. The summed E-state index contributed by atoms with van der Waals surface area (Å²) in [6.45, 7) is 3.03. The van der Waals surface area contributed by atoms with Crippen LogP contribution in [0.15, 0.2) is 18.2 Å². The number of esters is 1. The highest BCUT2D eigenvalue weighted by Gasteiger charge is 2.25. The second-order valence-corrected chi connectivity index (χ2v) is 7.71. The van der Waals surface area contributed by atoms with Crippen LogP contribution in [0.5, 0.6) is 0 Å². The molecule has 6 nitrogen and oxygen atoms in total. The maximum atomic E-state index is 14.0. The Labute approximate surface area is 160 Å². The van der Waals surface area contributed by atoms with Crippen LogP contribution in [0.25, 0.3) is 10.1 Å². The first-order valence-corrected chi connectivity index (χ1v) is 9.68. The summed E-state index contributed by atoms with van der Waals surface area (Å²) in [7, 11) is 0. The predicted molar refractivity (Wildman–Crippen MR) is 100 cm³/mol. The summed E-state index contributed by atoms with van der Waals surface area (Å²) >= 11 is 1.11. The molecule has 144 valence electrons. The fourth-order valence-electron chi connectivity index (χ4n) is 3.22. The zero-order valence-corrected chi connectivity index (χ0v) is 16.0. The Morgan fingerprint density at radius 2 is 1.96 bits per heavy atom. The standard InChI is InChI=1S/C19H21FN2O4S/c1-10-15-13(20)8-5-9-14(15)27-16(10)18(24)26-11(2)17(23)22-19(25)21-12-6-3-4-7-12/h5,8-9,11-12H,3-4,6-7H2,1-2H3,(H2,21,22,23,25)/t11-/m1/s1. The number of amides is 3. The molecular weight excluding hydrogens is 371 g/mol. The van der Waals surface area contributed by atoms with Crippen LogP contribution in [0.4, 0.5) is 9.18 Å². The van der Waals surface area contributed by atoms with Crippen molar-refractivity contribution in [3.05, 3.63) is 34.5 Å². The Balaban J connectivity index is 1.61. The van der Waals surface area contributed by atoms with Crippen LogP contribution in [0, 0.1) is 12.7 Å². The Bertz CT molecular complexity index is 889. The fourth-order valence-corrected chi connectivity index (χ4v) is 4.33. The van der Waals surface area contributed by atoms with E-state index < -0.39 is 29.8 Å². The molecule has 1 aromatic heterocycles. The summed E-state index contributed by atoms with van der Waals surface area (Å²) in [4.78, 5) is 36.6. The lowest BCUT2D eigenvalue weighted by Crippen LogP contribution is -2.47. The van der Waals surface area contributed by atoms with Crippen LogP contribution in [0.3, 0.4) is 0 Å². The Hall–Kier alpha value is -2.48. The van der Waals surface area contributed by atoms with Crippen LogP contribution < -0.4 is 10.6 Å². The second-order valence-electron chi connectivity index (χ2n) is 6.66. The number of halogens is 1. The lowest BCUT2D eigenvalue weighted by Gasteiger charge is -2.15. The number of hydrogen-bond donors (Lipinski definition) is 2. The van der Waals surface area contributed by atoms with Crippen LogP contribution in [-0.2, 0) is 9.53 Å². The van der Waals surface area contributed by atoms with Crippen LogP contribution in [0.1, 0.15) is 47.8 Å². The number of hydrogen-bond acceptors (Lipinski definition) is 5. The molecule has 1 atom stereocenters. The number of aryl methyl sites for hydroxylation is 1. The summed E-state index contributed by atoms with van der Waals surface area (Å²) in [5, 5.41) is 5.30. The molecule has 2 aromatic rings. The van der Waals surface area contributed by atoms with Crippen molar-refractivity contribution in [2.45, 2.75) is 51.7 Å². The maximum absolute atomic E-state index is 14.0. The van der Waals surface area contributed by atoms with E-state index in [9.17, 15) is 18.8 Å². The molecule has 8 heteroatoms. The molecule has 27 heavy (non-hydrogen) atoms. The number of rotatable bonds is 4. The van der Waals surface area contributed by atoms with Crippen molar-refractivity contribution in [1.82, 2.24) is 10.6 Å². The van der Waals surface area contributed by atoms with Gasteiger partial charge in [-0.25, -0.2) is 14.0 Å². The van der Waals surface area contributed by atoms with Crippen LogP contribution >= 0.6 is 11.3 Å². The van der Waals surface area contributed by atoms with Gasteiger partial charge in [-0.2, -0.15) is 0 Å². The molecule has 3 rings (SSSR count). The second kappa shape index (κ2) is 8.04. The average molecular weight is 392 g/mol. The molecular formula is C19H21FN2O4S. The zero-order chi connectivity index (χ0) is 19.6.